The fraction of sp³-hybridized carbons (Fsp3) is 0.125. The van der Waals surface area contributed by atoms with E-state index in [1.54, 1.807) is 19.4 Å². The summed E-state index contributed by atoms with van der Waals surface area (Å²) in [5.41, 5.74) is 1.74. The van der Waals surface area contributed by atoms with E-state index in [2.05, 4.69) is 48.8 Å². The van der Waals surface area contributed by atoms with Crippen LogP contribution in [0, 0.1) is 10.5 Å². The molecule has 0 saturated heterocycles. The second kappa shape index (κ2) is 7.73. The zero-order valence-electron chi connectivity index (χ0n) is 12.1. The molecule has 4 nitrogen and oxygen atoms in total. The number of anilines is 1. The molecule has 0 radical (unpaired) electrons. The van der Waals surface area contributed by atoms with E-state index < -0.39 is 0 Å². The Labute approximate surface area is 151 Å². The maximum absolute atomic E-state index is 12.0. The lowest BCUT2D eigenvalue weighted by Gasteiger charge is -2.06. The average Bonchev–Trinajstić information content (AvgIpc) is 2.48. The molecule has 1 N–H and O–H groups in total. The first kappa shape index (κ1) is 17.0. The van der Waals surface area contributed by atoms with E-state index in [4.69, 9.17) is 4.74 Å². The SMILES string of the molecule is COc1ccc(Br)cc1/C=C/C(=O)Nc1ncc(I)cc1C. The number of hydrogen-bond acceptors (Lipinski definition) is 3. The molecule has 2 aromatic rings. The molecule has 1 amide bonds. The summed E-state index contributed by atoms with van der Waals surface area (Å²) in [5.74, 6) is 1.03. The first-order valence-corrected chi connectivity index (χ1v) is 8.31. The number of nitrogens with zero attached hydrogens (tertiary/aromatic N) is 1. The number of aryl methyl sites for hydroxylation is 1. The molecule has 0 aliphatic heterocycles. The Balaban J connectivity index is 2.13. The second-order valence-electron chi connectivity index (χ2n) is 4.53. The molecule has 0 aliphatic rings. The summed E-state index contributed by atoms with van der Waals surface area (Å²) in [6.07, 6.45) is 4.88. The number of hydrogen-bond donors (Lipinski definition) is 1. The quantitative estimate of drug-likeness (QED) is 0.529. The van der Waals surface area contributed by atoms with Crippen LogP contribution in [0.5, 0.6) is 5.75 Å². The summed E-state index contributed by atoms with van der Waals surface area (Å²) < 4.78 is 7.22. The minimum Gasteiger partial charge on any atom is -0.496 e. The molecule has 0 saturated carbocycles. The molecule has 0 fully saturated rings. The molecule has 114 valence electrons. The molecule has 0 spiro atoms. The Kier molecular flexibility index (Phi) is 5.96. The fourth-order valence-corrected chi connectivity index (χ4v) is 2.82. The predicted octanol–water partition coefficient (Wildman–Crippen LogP) is 4.42. The molecular formula is C16H14BrIN2O2. The van der Waals surface area contributed by atoms with Crippen molar-refractivity contribution in [1.29, 1.82) is 0 Å². The molecule has 1 aromatic carbocycles. The highest BCUT2D eigenvalue weighted by Crippen LogP contribution is 2.24. The van der Waals surface area contributed by atoms with Gasteiger partial charge in [0.2, 0.25) is 5.91 Å². The van der Waals surface area contributed by atoms with Crippen LogP contribution in [0.3, 0.4) is 0 Å². The average molecular weight is 473 g/mol. The van der Waals surface area contributed by atoms with Crippen LogP contribution < -0.4 is 10.1 Å². The lowest BCUT2D eigenvalue weighted by Crippen LogP contribution is -2.10. The summed E-state index contributed by atoms with van der Waals surface area (Å²) in [6, 6.07) is 7.57. The van der Waals surface area contributed by atoms with Gasteiger partial charge >= 0.3 is 0 Å². The van der Waals surface area contributed by atoms with E-state index >= 15 is 0 Å². The van der Waals surface area contributed by atoms with Gasteiger partial charge in [0.05, 0.1) is 7.11 Å². The first-order chi connectivity index (χ1) is 10.5. The highest BCUT2D eigenvalue weighted by Gasteiger charge is 2.05. The third-order valence-corrected chi connectivity index (χ3v) is 3.98. The fourth-order valence-electron chi connectivity index (χ4n) is 1.83. The van der Waals surface area contributed by atoms with Crippen molar-refractivity contribution < 1.29 is 9.53 Å². The Morgan fingerprint density at radius 2 is 2.18 bits per heavy atom. The van der Waals surface area contributed by atoms with Gasteiger partial charge in [0.25, 0.3) is 0 Å². The summed E-state index contributed by atoms with van der Waals surface area (Å²) >= 11 is 5.59. The van der Waals surface area contributed by atoms with Crippen LogP contribution >= 0.6 is 38.5 Å². The Hall–Kier alpha value is -1.41. The van der Waals surface area contributed by atoms with Crippen LogP contribution in [0.2, 0.25) is 0 Å². The van der Waals surface area contributed by atoms with Crippen molar-refractivity contribution in [2.75, 3.05) is 12.4 Å². The van der Waals surface area contributed by atoms with E-state index in [0.717, 1.165) is 19.2 Å². The van der Waals surface area contributed by atoms with Crippen LogP contribution in [0.15, 0.2) is 41.0 Å². The summed E-state index contributed by atoms with van der Waals surface area (Å²) in [6.45, 7) is 1.91. The highest BCUT2D eigenvalue weighted by molar-refractivity contribution is 14.1. The standard InChI is InChI=1S/C16H14BrIN2O2/c1-10-7-13(18)9-19-16(10)20-15(21)6-3-11-8-12(17)4-5-14(11)22-2/h3-9H,1-2H3,(H,19,20,21)/b6-3+. The lowest BCUT2D eigenvalue weighted by molar-refractivity contribution is -0.111. The third kappa shape index (κ3) is 4.54. The normalized spacial score (nSPS) is 10.7. The number of aromatic nitrogens is 1. The van der Waals surface area contributed by atoms with Gasteiger partial charge in [0.15, 0.2) is 0 Å². The Morgan fingerprint density at radius 1 is 1.41 bits per heavy atom. The molecule has 6 heteroatoms. The number of rotatable bonds is 4. The molecule has 2 rings (SSSR count). The number of carbonyl (C=O) groups excluding carboxylic acids is 1. The van der Waals surface area contributed by atoms with Crippen LogP contribution in [-0.4, -0.2) is 18.0 Å². The van der Waals surface area contributed by atoms with Crippen LogP contribution in [-0.2, 0) is 4.79 Å². The number of methoxy groups -OCH3 is 1. The summed E-state index contributed by atoms with van der Waals surface area (Å²) in [7, 11) is 1.60. The molecule has 0 unspecified atom stereocenters. The van der Waals surface area contributed by atoms with Gasteiger partial charge < -0.3 is 10.1 Å². The number of amides is 1. The Bertz CT molecular complexity index is 732. The second-order valence-corrected chi connectivity index (χ2v) is 6.69. The number of pyridine rings is 1. The largest absolute Gasteiger partial charge is 0.496 e. The van der Waals surface area contributed by atoms with E-state index in [1.165, 1.54) is 6.08 Å². The van der Waals surface area contributed by atoms with E-state index in [9.17, 15) is 4.79 Å². The van der Waals surface area contributed by atoms with Gasteiger partial charge in [-0.2, -0.15) is 0 Å². The van der Waals surface area contributed by atoms with Gasteiger partial charge in [-0.25, -0.2) is 4.98 Å². The molecule has 1 heterocycles. The molecule has 0 bridgehead atoms. The monoisotopic (exact) mass is 472 g/mol. The minimum absolute atomic E-state index is 0.237. The molecule has 0 atom stereocenters. The van der Waals surface area contributed by atoms with Gasteiger partial charge in [-0.1, -0.05) is 15.9 Å². The van der Waals surface area contributed by atoms with Gasteiger partial charge in [0, 0.05) is 25.9 Å². The van der Waals surface area contributed by atoms with Crippen molar-refractivity contribution in [3.8, 4) is 5.75 Å². The zero-order chi connectivity index (χ0) is 16.1. The summed E-state index contributed by atoms with van der Waals surface area (Å²) in [4.78, 5) is 16.2. The number of benzene rings is 1. The number of carbonyl (C=O) groups is 1. The highest BCUT2D eigenvalue weighted by atomic mass is 127. The van der Waals surface area contributed by atoms with Crippen LogP contribution in [0.4, 0.5) is 5.82 Å². The van der Waals surface area contributed by atoms with Gasteiger partial charge in [-0.05, 0) is 65.4 Å². The van der Waals surface area contributed by atoms with Gasteiger partial charge in [-0.3, -0.25) is 4.79 Å². The molecule has 0 aliphatic carbocycles. The molecule has 22 heavy (non-hydrogen) atoms. The predicted molar refractivity (Wildman–Crippen MR) is 100 cm³/mol. The number of ether oxygens (including phenoxy) is 1. The maximum Gasteiger partial charge on any atom is 0.249 e. The van der Waals surface area contributed by atoms with Gasteiger partial charge in [0.1, 0.15) is 11.6 Å². The van der Waals surface area contributed by atoms with E-state index in [0.29, 0.717) is 11.6 Å². The van der Waals surface area contributed by atoms with Crippen molar-refractivity contribution in [1.82, 2.24) is 4.98 Å². The minimum atomic E-state index is -0.237. The Morgan fingerprint density at radius 3 is 2.86 bits per heavy atom. The van der Waals surface area contributed by atoms with Crippen molar-refractivity contribution in [2.24, 2.45) is 0 Å². The van der Waals surface area contributed by atoms with Crippen molar-refractivity contribution in [3.05, 3.63) is 55.7 Å². The van der Waals surface area contributed by atoms with Crippen LogP contribution in [0.1, 0.15) is 11.1 Å². The molecular weight excluding hydrogens is 459 g/mol. The smallest absolute Gasteiger partial charge is 0.249 e. The lowest BCUT2D eigenvalue weighted by atomic mass is 10.2. The first-order valence-electron chi connectivity index (χ1n) is 6.44. The van der Waals surface area contributed by atoms with Crippen molar-refractivity contribution in [2.45, 2.75) is 6.92 Å². The topological polar surface area (TPSA) is 51.2 Å². The maximum atomic E-state index is 12.0. The molecule has 1 aromatic heterocycles. The van der Waals surface area contributed by atoms with E-state index in [1.807, 2.05) is 31.2 Å². The van der Waals surface area contributed by atoms with Crippen LogP contribution in [0.25, 0.3) is 6.08 Å². The third-order valence-electron chi connectivity index (χ3n) is 2.89. The van der Waals surface area contributed by atoms with Crippen molar-refractivity contribution >= 4 is 56.3 Å². The van der Waals surface area contributed by atoms with Crippen molar-refractivity contribution in [3.63, 3.8) is 0 Å². The number of nitrogens with one attached hydrogen (secondary N) is 1. The summed E-state index contributed by atoms with van der Waals surface area (Å²) in [5, 5.41) is 2.77. The zero-order valence-corrected chi connectivity index (χ0v) is 15.8. The van der Waals surface area contributed by atoms with Gasteiger partial charge in [-0.15, -0.1) is 0 Å². The number of halogens is 2. The van der Waals surface area contributed by atoms with E-state index in [-0.39, 0.29) is 5.91 Å².